The molecule has 1 N–H and O–H groups in total. The number of hydrogen-bond donors (Lipinski definition) is 1. The fourth-order valence-corrected chi connectivity index (χ4v) is 3.85. The largest absolute Gasteiger partial charge is 0.492 e. The van der Waals surface area contributed by atoms with Crippen LogP contribution in [0.25, 0.3) is 0 Å². The van der Waals surface area contributed by atoms with Crippen LogP contribution in [0.3, 0.4) is 0 Å². The third-order valence-corrected chi connectivity index (χ3v) is 6.24. The summed E-state index contributed by atoms with van der Waals surface area (Å²) in [4.78, 5) is 22.9. The van der Waals surface area contributed by atoms with E-state index in [0.29, 0.717) is 30.9 Å². The molecule has 0 bridgehead atoms. The maximum absolute atomic E-state index is 12.6. The fraction of sp³-hybridized carbons (Fsp3) is 0.227. The van der Waals surface area contributed by atoms with E-state index in [0.717, 1.165) is 16.8 Å². The lowest BCUT2D eigenvalue weighted by Crippen LogP contribution is -2.54. The summed E-state index contributed by atoms with van der Waals surface area (Å²) < 4.78 is 12.8. The van der Waals surface area contributed by atoms with Crippen LogP contribution in [0.5, 0.6) is 11.6 Å². The van der Waals surface area contributed by atoms with Crippen molar-refractivity contribution in [1.82, 2.24) is 14.9 Å². The van der Waals surface area contributed by atoms with Crippen molar-refractivity contribution in [2.75, 3.05) is 31.6 Å². The molecule has 1 fully saturated rings. The number of pyridine rings is 2. The molecule has 1 aliphatic heterocycles. The second kappa shape index (κ2) is 10.9. The van der Waals surface area contributed by atoms with Crippen molar-refractivity contribution in [2.45, 2.75) is 6.10 Å². The van der Waals surface area contributed by atoms with E-state index in [-0.39, 0.29) is 27.3 Å². The van der Waals surface area contributed by atoms with E-state index in [1.165, 1.54) is 18.3 Å². The van der Waals surface area contributed by atoms with Crippen LogP contribution in [0, 0.1) is 0 Å². The molecule has 0 spiro atoms. The van der Waals surface area contributed by atoms with Crippen LogP contribution in [-0.2, 0) is 0 Å². The number of benzene rings is 1. The third kappa shape index (κ3) is 6.49. The molecule has 1 amide bonds. The Bertz CT molecular complexity index is 1140. The molecule has 3 heterocycles. The van der Waals surface area contributed by atoms with Crippen molar-refractivity contribution in [1.29, 1.82) is 0 Å². The van der Waals surface area contributed by atoms with Gasteiger partial charge in [-0.15, -0.1) is 0 Å². The first-order chi connectivity index (χ1) is 15.9. The van der Waals surface area contributed by atoms with Gasteiger partial charge < -0.3 is 14.8 Å². The van der Waals surface area contributed by atoms with Gasteiger partial charge in [0.25, 0.3) is 5.91 Å². The molecule has 0 aliphatic carbocycles. The van der Waals surface area contributed by atoms with Crippen molar-refractivity contribution in [3.63, 3.8) is 0 Å². The predicted octanol–water partition coefficient (Wildman–Crippen LogP) is 5.59. The van der Waals surface area contributed by atoms with Crippen molar-refractivity contribution in [2.24, 2.45) is 0 Å². The van der Waals surface area contributed by atoms with E-state index in [1.807, 2.05) is 24.3 Å². The normalized spacial score (nSPS) is 13.9. The summed E-state index contributed by atoms with van der Waals surface area (Å²) >= 11 is 21.5. The highest BCUT2D eigenvalue weighted by Crippen LogP contribution is 2.33. The lowest BCUT2D eigenvalue weighted by molar-refractivity contribution is 0.0106. The van der Waals surface area contributed by atoms with Gasteiger partial charge in [0.15, 0.2) is 5.15 Å². The Labute approximate surface area is 214 Å². The topological polar surface area (TPSA) is 76.6 Å². The number of nitrogens with zero attached hydrogens (tertiary/aromatic N) is 3. The molecule has 33 heavy (non-hydrogen) atoms. The third-order valence-electron chi connectivity index (χ3n) is 4.83. The first-order valence-electron chi connectivity index (χ1n) is 9.93. The highest BCUT2D eigenvalue weighted by atomic mass is 79.9. The fourth-order valence-electron chi connectivity index (χ4n) is 3.13. The highest BCUT2D eigenvalue weighted by molar-refractivity contribution is 9.10. The Morgan fingerprint density at radius 2 is 1.91 bits per heavy atom. The van der Waals surface area contributed by atoms with Crippen LogP contribution in [0.15, 0.2) is 53.1 Å². The molecule has 0 atom stereocenters. The number of carbonyl (C=O) groups excluding carboxylic acids is 1. The van der Waals surface area contributed by atoms with Crippen LogP contribution < -0.4 is 14.8 Å². The number of anilines is 1. The van der Waals surface area contributed by atoms with Crippen LogP contribution in [0.4, 0.5) is 5.69 Å². The van der Waals surface area contributed by atoms with E-state index < -0.39 is 5.91 Å². The second-order valence-electron chi connectivity index (χ2n) is 7.24. The van der Waals surface area contributed by atoms with E-state index in [2.05, 4.69) is 36.1 Å². The van der Waals surface area contributed by atoms with Gasteiger partial charge in [-0.25, -0.2) is 4.98 Å². The first kappa shape index (κ1) is 24.0. The maximum Gasteiger partial charge on any atom is 0.255 e. The van der Waals surface area contributed by atoms with Gasteiger partial charge in [-0.1, -0.05) is 50.7 Å². The predicted molar refractivity (Wildman–Crippen MR) is 132 cm³/mol. The van der Waals surface area contributed by atoms with Crippen LogP contribution in [0.1, 0.15) is 10.4 Å². The molecular weight excluding hydrogens is 555 g/mol. The van der Waals surface area contributed by atoms with Gasteiger partial charge in [0.05, 0.1) is 5.02 Å². The van der Waals surface area contributed by atoms with E-state index >= 15 is 0 Å². The molecule has 0 saturated carbocycles. The number of ether oxygens (including phenoxy) is 2. The maximum atomic E-state index is 12.6. The number of aromatic nitrogens is 2. The smallest absolute Gasteiger partial charge is 0.255 e. The molecule has 1 aromatic carbocycles. The summed E-state index contributed by atoms with van der Waals surface area (Å²) in [5.74, 6) is 0.626. The van der Waals surface area contributed by atoms with E-state index in [9.17, 15) is 4.79 Å². The number of carbonyl (C=O) groups is 1. The summed E-state index contributed by atoms with van der Waals surface area (Å²) in [7, 11) is 0. The zero-order valence-corrected chi connectivity index (χ0v) is 21.0. The highest BCUT2D eigenvalue weighted by Gasteiger charge is 2.30. The Morgan fingerprint density at radius 1 is 1.15 bits per heavy atom. The number of amides is 1. The van der Waals surface area contributed by atoms with Crippen molar-refractivity contribution >= 4 is 62.3 Å². The monoisotopic (exact) mass is 570 g/mol. The molecule has 1 aliphatic rings. The van der Waals surface area contributed by atoms with Gasteiger partial charge in [0.1, 0.15) is 29.3 Å². The number of likely N-dealkylation sites (tertiary alicyclic amines) is 1. The molecule has 4 rings (SSSR count). The second-order valence-corrected chi connectivity index (χ2v) is 9.31. The Balaban J connectivity index is 1.32. The van der Waals surface area contributed by atoms with Crippen molar-refractivity contribution < 1.29 is 14.3 Å². The van der Waals surface area contributed by atoms with E-state index in [1.54, 1.807) is 6.07 Å². The lowest BCUT2D eigenvalue weighted by atomic mass is 10.1. The summed E-state index contributed by atoms with van der Waals surface area (Å²) in [5.41, 5.74) is 0.659. The summed E-state index contributed by atoms with van der Waals surface area (Å²) in [6.45, 7) is 2.71. The van der Waals surface area contributed by atoms with Crippen molar-refractivity contribution in [3.05, 3.63) is 74.0 Å². The average molecular weight is 573 g/mol. The molecule has 11 heteroatoms. The molecule has 172 valence electrons. The minimum Gasteiger partial charge on any atom is -0.492 e. The zero-order valence-electron chi connectivity index (χ0n) is 17.1. The number of rotatable bonds is 8. The number of hydrogen-bond acceptors (Lipinski definition) is 6. The quantitative estimate of drug-likeness (QED) is 0.355. The Morgan fingerprint density at radius 3 is 2.64 bits per heavy atom. The SMILES string of the molecule is O=C(Nc1cc(Cl)c(Cl)nc1OC1CN(CCOc2ccc(Br)cc2)C1)c1ccnc(Cl)c1. The van der Waals surface area contributed by atoms with Gasteiger partial charge in [-0.3, -0.25) is 9.69 Å². The van der Waals surface area contributed by atoms with E-state index in [4.69, 9.17) is 44.3 Å². The van der Waals surface area contributed by atoms with Crippen LogP contribution >= 0.6 is 50.7 Å². The van der Waals surface area contributed by atoms with Crippen molar-refractivity contribution in [3.8, 4) is 11.6 Å². The van der Waals surface area contributed by atoms with Crippen LogP contribution in [0.2, 0.25) is 15.3 Å². The summed E-state index contributed by atoms with van der Waals surface area (Å²) in [6.07, 6.45) is 1.35. The molecule has 1 saturated heterocycles. The number of halogens is 4. The van der Waals surface area contributed by atoms with Gasteiger partial charge in [0.2, 0.25) is 5.88 Å². The van der Waals surface area contributed by atoms with Gasteiger partial charge in [0, 0.05) is 35.9 Å². The molecule has 2 aromatic heterocycles. The molecular formula is C22H18BrCl3N4O3. The van der Waals surface area contributed by atoms with Gasteiger partial charge >= 0.3 is 0 Å². The molecule has 3 aromatic rings. The van der Waals surface area contributed by atoms with Gasteiger partial charge in [-0.05, 0) is 42.5 Å². The Kier molecular flexibility index (Phi) is 7.93. The summed E-state index contributed by atoms with van der Waals surface area (Å²) in [6, 6.07) is 12.2. The number of nitrogens with one attached hydrogen (secondary N) is 1. The minimum absolute atomic E-state index is 0.0932. The molecule has 0 radical (unpaired) electrons. The lowest BCUT2D eigenvalue weighted by Gasteiger charge is -2.38. The van der Waals surface area contributed by atoms with Gasteiger partial charge in [-0.2, -0.15) is 4.98 Å². The summed E-state index contributed by atoms with van der Waals surface area (Å²) in [5, 5.41) is 3.26. The average Bonchev–Trinajstić information content (AvgIpc) is 2.76. The minimum atomic E-state index is -0.398. The van der Waals surface area contributed by atoms with Crippen LogP contribution in [-0.4, -0.2) is 53.1 Å². The molecule has 7 nitrogen and oxygen atoms in total. The first-order valence-corrected chi connectivity index (χ1v) is 11.9. The standard InChI is InChI=1S/C22H18BrCl3N4O3/c23-14-1-3-15(4-2-14)32-8-7-30-11-16(12-30)33-22-18(10-17(24)20(26)29-22)28-21(31)13-5-6-27-19(25)9-13/h1-6,9-10,16H,7-8,11-12H2,(H,28,31). The molecule has 0 unspecified atom stereocenters. The Hall–Kier alpha value is -2.10. The zero-order chi connectivity index (χ0) is 23.4.